The summed E-state index contributed by atoms with van der Waals surface area (Å²) < 4.78 is 15.1. The van der Waals surface area contributed by atoms with E-state index < -0.39 is 6.04 Å². The second-order valence-corrected chi connectivity index (χ2v) is 9.61. The van der Waals surface area contributed by atoms with Gasteiger partial charge in [-0.05, 0) is 43.5 Å². The Labute approximate surface area is 191 Å². The normalized spacial score (nSPS) is 16.1. The molecule has 1 aliphatic rings. The van der Waals surface area contributed by atoms with Crippen LogP contribution in [0, 0.1) is 12.7 Å². The average molecular weight is 470 g/mol. The molecule has 1 unspecified atom stereocenters. The number of carbonyl (C=O) groups excluding carboxylic acids is 2. The van der Waals surface area contributed by atoms with Crippen LogP contribution in [-0.4, -0.2) is 44.1 Å². The third-order valence-electron chi connectivity index (χ3n) is 5.54. The Morgan fingerprint density at radius 3 is 2.84 bits per heavy atom. The van der Waals surface area contributed by atoms with Gasteiger partial charge in [-0.2, -0.15) is 5.10 Å². The molecule has 1 saturated heterocycles. The average Bonchev–Trinajstić information content (AvgIpc) is 3.56. The zero-order valence-electron chi connectivity index (χ0n) is 17.2. The van der Waals surface area contributed by atoms with Crippen molar-refractivity contribution in [2.45, 2.75) is 32.4 Å². The van der Waals surface area contributed by atoms with E-state index in [1.165, 1.54) is 34.8 Å². The van der Waals surface area contributed by atoms with E-state index in [9.17, 15) is 14.0 Å². The summed E-state index contributed by atoms with van der Waals surface area (Å²) in [5.74, 6) is -0.625. The topological polar surface area (TPSA) is 80.1 Å². The first-order chi connectivity index (χ1) is 15.5. The molecule has 2 amide bonds. The first kappa shape index (κ1) is 20.8. The van der Waals surface area contributed by atoms with Crippen molar-refractivity contribution in [1.29, 1.82) is 0 Å². The molecule has 0 aliphatic carbocycles. The number of likely N-dealkylation sites (tertiary alicyclic amines) is 1. The molecule has 0 radical (unpaired) electrons. The number of fused-ring (bicyclic) bond motifs is 1. The fourth-order valence-electron chi connectivity index (χ4n) is 3.99. The Balaban J connectivity index is 1.38. The fourth-order valence-corrected chi connectivity index (χ4v) is 5.63. The SMILES string of the molecule is Cc1nn(Cc2ccc(F)cc2)c2sc(C(=O)N3CCCC3C(=O)Nc3nccs3)cc12. The van der Waals surface area contributed by atoms with Crippen molar-refractivity contribution >= 4 is 49.8 Å². The molecular weight excluding hydrogens is 449 g/mol. The number of aromatic nitrogens is 3. The second-order valence-electron chi connectivity index (χ2n) is 7.68. The molecule has 3 aromatic heterocycles. The van der Waals surface area contributed by atoms with Crippen molar-refractivity contribution < 1.29 is 14.0 Å². The lowest BCUT2D eigenvalue weighted by atomic mass is 10.2. The monoisotopic (exact) mass is 469 g/mol. The number of nitrogens with one attached hydrogen (secondary N) is 1. The van der Waals surface area contributed by atoms with Gasteiger partial charge in [0.2, 0.25) is 5.91 Å². The van der Waals surface area contributed by atoms with Crippen LogP contribution in [0.2, 0.25) is 0 Å². The lowest BCUT2D eigenvalue weighted by molar-refractivity contribution is -0.119. The molecule has 0 bridgehead atoms. The molecule has 164 valence electrons. The zero-order chi connectivity index (χ0) is 22.2. The summed E-state index contributed by atoms with van der Waals surface area (Å²) >= 11 is 2.72. The number of thiophene rings is 1. The van der Waals surface area contributed by atoms with Crippen molar-refractivity contribution in [3.63, 3.8) is 0 Å². The largest absolute Gasteiger partial charge is 0.326 e. The van der Waals surface area contributed by atoms with E-state index in [1.807, 2.05) is 17.7 Å². The van der Waals surface area contributed by atoms with Gasteiger partial charge >= 0.3 is 0 Å². The molecule has 7 nitrogen and oxygen atoms in total. The zero-order valence-corrected chi connectivity index (χ0v) is 18.9. The molecule has 0 saturated carbocycles. The van der Waals surface area contributed by atoms with E-state index >= 15 is 0 Å². The summed E-state index contributed by atoms with van der Waals surface area (Å²) in [5, 5.41) is 10.6. The number of aryl methyl sites for hydroxylation is 1. The highest BCUT2D eigenvalue weighted by atomic mass is 32.1. The van der Waals surface area contributed by atoms with Gasteiger partial charge in [-0.1, -0.05) is 12.1 Å². The van der Waals surface area contributed by atoms with E-state index in [4.69, 9.17) is 0 Å². The first-order valence-corrected chi connectivity index (χ1v) is 11.9. The number of nitrogens with zero attached hydrogens (tertiary/aromatic N) is 4. The molecule has 32 heavy (non-hydrogen) atoms. The summed E-state index contributed by atoms with van der Waals surface area (Å²) in [4.78, 5) is 33.3. The number of benzene rings is 1. The Kier molecular flexibility index (Phi) is 5.48. The Hall–Kier alpha value is -3.11. The van der Waals surface area contributed by atoms with Gasteiger partial charge in [-0.15, -0.1) is 22.7 Å². The van der Waals surface area contributed by atoms with Crippen LogP contribution in [-0.2, 0) is 11.3 Å². The van der Waals surface area contributed by atoms with Gasteiger partial charge in [0, 0.05) is 23.5 Å². The van der Waals surface area contributed by atoms with Crippen molar-refractivity contribution in [3.8, 4) is 0 Å². The van der Waals surface area contributed by atoms with Gasteiger partial charge in [0.1, 0.15) is 16.7 Å². The van der Waals surface area contributed by atoms with Crippen molar-refractivity contribution in [2.75, 3.05) is 11.9 Å². The lowest BCUT2D eigenvalue weighted by Gasteiger charge is -2.22. The van der Waals surface area contributed by atoms with E-state index in [-0.39, 0.29) is 17.6 Å². The van der Waals surface area contributed by atoms with E-state index in [0.29, 0.717) is 29.5 Å². The maximum atomic E-state index is 13.3. The van der Waals surface area contributed by atoms with E-state index in [2.05, 4.69) is 15.4 Å². The molecule has 5 rings (SSSR count). The minimum atomic E-state index is -0.506. The smallest absolute Gasteiger partial charge is 0.264 e. The van der Waals surface area contributed by atoms with Gasteiger partial charge in [-0.25, -0.2) is 9.37 Å². The summed E-state index contributed by atoms with van der Waals surface area (Å²) in [6.45, 7) is 2.94. The van der Waals surface area contributed by atoms with Crippen LogP contribution in [0.25, 0.3) is 10.2 Å². The Morgan fingerprint density at radius 1 is 1.28 bits per heavy atom. The van der Waals surface area contributed by atoms with Crippen LogP contribution in [0.1, 0.15) is 33.8 Å². The third kappa shape index (κ3) is 3.91. The number of halogens is 1. The molecule has 1 N–H and O–H groups in total. The highest BCUT2D eigenvalue weighted by Gasteiger charge is 2.35. The highest BCUT2D eigenvalue weighted by Crippen LogP contribution is 2.31. The lowest BCUT2D eigenvalue weighted by Crippen LogP contribution is -2.42. The van der Waals surface area contributed by atoms with Crippen LogP contribution in [0.4, 0.5) is 9.52 Å². The van der Waals surface area contributed by atoms with Gasteiger partial charge in [0.05, 0.1) is 17.1 Å². The molecule has 1 fully saturated rings. The molecule has 1 aromatic carbocycles. The molecule has 4 heterocycles. The number of hydrogen-bond acceptors (Lipinski definition) is 6. The van der Waals surface area contributed by atoms with Crippen LogP contribution in [0.3, 0.4) is 0 Å². The number of thiazole rings is 1. The standard InChI is InChI=1S/C22H20FN5O2S2/c1-13-16-11-18(32-21(16)28(26-13)12-14-4-6-15(23)7-5-14)20(30)27-9-2-3-17(27)19(29)25-22-24-8-10-31-22/h4-8,10-11,17H,2-3,9,12H2,1H3,(H,24,25,29). The number of rotatable bonds is 5. The minimum absolute atomic E-state index is 0.143. The van der Waals surface area contributed by atoms with Crippen LogP contribution < -0.4 is 5.32 Å². The second kappa shape index (κ2) is 8.44. The van der Waals surface area contributed by atoms with Crippen molar-refractivity contribution in [3.05, 3.63) is 63.9 Å². The molecule has 1 atom stereocenters. The predicted octanol–water partition coefficient (Wildman–Crippen LogP) is 4.29. The molecule has 1 aliphatic heterocycles. The van der Waals surface area contributed by atoms with Crippen molar-refractivity contribution in [1.82, 2.24) is 19.7 Å². The van der Waals surface area contributed by atoms with Gasteiger partial charge < -0.3 is 10.2 Å². The molecular formula is C22H20FN5O2S2. The number of hydrogen-bond donors (Lipinski definition) is 1. The maximum Gasteiger partial charge on any atom is 0.264 e. The Bertz CT molecular complexity index is 1280. The maximum absolute atomic E-state index is 13.3. The van der Waals surface area contributed by atoms with Crippen LogP contribution >= 0.6 is 22.7 Å². The van der Waals surface area contributed by atoms with Crippen molar-refractivity contribution in [2.24, 2.45) is 0 Å². The van der Waals surface area contributed by atoms with Gasteiger partial charge in [0.15, 0.2) is 5.13 Å². The quantitative estimate of drug-likeness (QED) is 0.473. The van der Waals surface area contributed by atoms with E-state index in [1.54, 1.807) is 28.6 Å². The van der Waals surface area contributed by atoms with Crippen LogP contribution in [0.5, 0.6) is 0 Å². The first-order valence-electron chi connectivity index (χ1n) is 10.2. The van der Waals surface area contributed by atoms with Gasteiger partial charge in [-0.3, -0.25) is 14.3 Å². The van der Waals surface area contributed by atoms with Crippen LogP contribution in [0.15, 0.2) is 41.9 Å². The fraction of sp³-hybridized carbons (Fsp3) is 0.273. The summed E-state index contributed by atoms with van der Waals surface area (Å²) in [7, 11) is 0. The third-order valence-corrected chi connectivity index (χ3v) is 7.37. The Morgan fingerprint density at radius 2 is 2.09 bits per heavy atom. The summed E-state index contributed by atoms with van der Waals surface area (Å²) in [6, 6.07) is 7.67. The van der Waals surface area contributed by atoms with E-state index in [0.717, 1.165) is 27.9 Å². The molecule has 10 heteroatoms. The summed E-state index contributed by atoms with van der Waals surface area (Å²) in [6.07, 6.45) is 3.04. The van der Waals surface area contributed by atoms with Gasteiger partial charge in [0.25, 0.3) is 5.91 Å². The minimum Gasteiger partial charge on any atom is -0.326 e. The summed E-state index contributed by atoms with van der Waals surface area (Å²) in [5.41, 5.74) is 1.76. The highest BCUT2D eigenvalue weighted by molar-refractivity contribution is 7.20. The molecule has 0 spiro atoms. The number of amides is 2. The number of anilines is 1. The predicted molar refractivity (Wildman–Crippen MR) is 123 cm³/mol. The number of carbonyl (C=O) groups is 2. The molecule has 4 aromatic rings.